The molecule has 0 saturated heterocycles. The van der Waals surface area contributed by atoms with Gasteiger partial charge in [0.1, 0.15) is 0 Å². The molecule has 0 aliphatic rings. The molecule has 76 valence electrons. The number of aromatic amines is 1. The maximum absolute atomic E-state index is 11.6. The Morgan fingerprint density at radius 2 is 2.20 bits per heavy atom. The summed E-state index contributed by atoms with van der Waals surface area (Å²) in [6.07, 6.45) is 1.57. The van der Waals surface area contributed by atoms with E-state index in [9.17, 15) is 4.79 Å². The molecule has 1 aromatic carbocycles. The van der Waals surface area contributed by atoms with E-state index in [0.717, 1.165) is 16.5 Å². The first-order valence-electron chi connectivity index (χ1n) is 4.77. The second-order valence-corrected chi connectivity index (χ2v) is 3.48. The third kappa shape index (κ3) is 1.68. The molecule has 1 heterocycles. The first-order chi connectivity index (χ1) is 7.22. The second-order valence-electron chi connectivity index (χ2n) is 3.48. The number of fused-ring (bicyclic) bond motifs is 1. The molecular formula is C12H12N2O. The van der Waals surface area contributed by atoms with Gasteiger partial charge >= 0.3 is 0 Å². The minimum atomic E-state index is -0.0950. The number of aryl methyl sites for hydroxylation is 1. The van der Waals surface area contributed by atoms with Crippen LogP contribution in [0.4, 0.5) is 0 Å². The van der Waals surface area contributed by atoms with Crippen molar-refractivity contribution in [3.63, 3.8) is 0 Å². The van der Waals surface area contributed by atoms with Crippen LogP contribution in [0.1, 0.15) is 11.1 Å². The van der Waals surface area contributed by atoms with Crippen molar-refractivity contribution in [1.82, 2.24) is 4.98 Å². The van der Waals surface area contributed by atoms with Crippen molar-refractivity contribution >= 4 is 17.1 Å². The molecule has 0 spiro atoms. The van der Waals surface area contributed by atoms with Crippen LogP contribution in [0.2, 0.25) is 0 Å². The minimum Gasteiger partial charge on any atom is -0.321 e. The van der Waals surface area contributed by atoms with Gasteiger partial charge in [-0.3, -0.25) is 9.79 Å². The Morgan fingerprint density at radius 1 is 1.40 bits per heavy atom. The zero-order chi connectivity index (χ0) is 10.8. The molecule has 0 fully saturated rings. The maximum Gasteiger partial charge on any atom is 0.257 e. The first-order valence-corrected chi connectivity index (χ1v) is 4.77. The molecule has 3 nitrogen and oxygen atoms in total. The lowest BCUT2D eigenvalue weighted by Crippen LogP contribution is -2.12. The molecule has 1 N–H and O–H groups in total. The lowest BCUT2D eigenvalue weighted by molar-refractivity contribution is 1.27. The molecule has 0 atom stereocenters. The molecule has 0 aliphatic heterocycles. The van der Waals surface area contributed by atoms with Crippen LogP contribution < -0.4 is 5.56 Å². The molecule has 15 heavy (non-hydrogen) atoms. The van der Waals surface area contributed by atoms with E-state index in [0.29, 0.717) is 5.56 Å². The van der Waals surface area contributed by atoms with Crippen LogP contribution >= 0.6 is 0 Å². The van der Waals surface area contributed by atoms with Gasteiger partial charge < -0.3 is 4.98 Å². The topological polar surface area (TPSA) is 45.2 Å². The van der Waals surface area contributed by atoms with Gasteiger partial charge in [0.05, 0.1) is 11.1 Å². The van der Waals surface area contributed by atoms with Gasteiger partial charge in [0.25, 0.3) is 5.56 Å². The average molecular weight is 200 g/mol. The quantitative estimate of drug-likeness (QED) is 0.702. The summed E-state index contributed by atoms with van der Waals surface area (Å²) in [5.74, 6) is 0. The SMILES string of the molecule is CN=Cc1cc2cccc(C)c2[nH]c1=O. The number of hydrogen-bond donors (Lipinski definition) is 1. The van der Waals surface area contributed by atoms with Crippen LogP contribution in [0.5, 0.6) is 0 Å². The molecule has 0 amide bonds. The van der Waals surface area contributed by atoms with E-state index >= 15 is 0 Å². The summed E-state index contributed by atoms with van der Waals surface area (Å²) in [7, 11) is 1.65. The molecule has 1 aromatic heterocycles. The van der Waals surface area contributed by atoms with Crippen LogP contribution in [0, 0.1) is 6.92 Å². The number of pyridine rings is 1. The molecule has 0 saturated carbocycles. The predicted octanol–water partition coefficient (Wildman–Crippen LogP) is 1.89. The monoisotopic (exact) mass is 200 g/mol. The van der Waals surface area contributed by atoms with E-state index in [1.54, 1.807) is 13.3 Å². The smallest absolute Gasteiger partial charge is 0.257 e. The maximum atomic E-state index is 11.6. The van der Waals surface area contributed by atoms with Gasteiger partial charge in [-0.05, 0) is 23.9 Å². The summed E-state index contributed by atoms with van der Waals surface area (Å²) in [5.41, 5.74) is 2.47. The van der Waals surface area contributed by atoms with Crippen LogP contribution in [0.25, 0.3) is 10.9 Å². The van der Waals surface area contributed by atoms with E-state index in [4.69, 9.17) is 0 Å². The number of H-pyrrole nitrogens is 1. The highest BCUT2D eigenvalue weighted by molar-refractivity contribution is 5.88. The van der Waals surface area contributed by atoms with Crippen molar-refractivity contribution in [1.29, 1.82) is 0 Å². The third-order valence-electron chi connectivity index (χ3n) is 2.38. The number of benzene rings is 1. The Kier molecular flexibility index (Phi) is 2.37. The molecule has 0 bridgehead atoms. The Hall–Kier alpha value is -1.90. The van der Waals surface area contributed by atoms with Crippen LogP contribution in [0.3, 0.4) is 0 Å². The zero-order valence-corrected chi connectivity index (χ0v) is 8.74. The molecule has 0 aliphatic carbocycles. The van der Waals surface area contributed by atoms with Crippen LogP contribution in [-0.2, 0) is 0 Å². The largest absolute Gasteiger partial charge is 0.321 e. The van der Waals surface area contributed by atoms with Crippen molar-refractivity contribution in [2.75, 3.05) is 7.05 Å². The molecule has 3 heteroatoms. The molecule has 2 rings (SSSR count). The Labute approximate surface area is 87.5 Å². The minimum absolute atomic E-state index is 0.0950. The predicted molar refractivity (Wildman–Crippen MR) is 62.8 cm³/mol. The van der Waals surface area contributed by atoms with Gasteiger partial charge in [0, 0.05) is 13.3 Å². The fraction of sp³-hybridized carbons (Fsp3) is 0.167. The standard InChI is InChI=1S/C12H12N2O/c1-8-4-3-5-9-6-10(7-13-2)12(15)14-11(8)9/h3-7H,1-2H3,(H,14,15). The summed E-state index contributed by atoms with van der Waals surface area (Å²) in [5, 5.41) is 1.03. The first kappa shape index (κ1) is 9.65. The highest BCUT2D eigenvalue weighted by Gasteiger charge is 2.01. The molecule has 0 radical (unpaired) electrons. The summed E-state index contributed by atoms with van der Waals surface area (Å²) < 4.78 is 0. The van der Waals surface area contributed by atoms with Crippen molar-refractivity contribution < 1.29 is 0 Å². The van der Waals surface area contributed by atoms with E-state index in [2.05, 4.69) is 9.98 Å². The number of nitrogens with zero attached hydrogens (tertiary/aromatic N) is 1. The van der Waals surface area contributed by atoms with Gasteiger partial charge in [0.2, 0.25) is 0 Å². The van der Waals surface area contributed by atoms with Gasteiger partial charge in [-0.15, -0.1) is 0 Å². The van der Waals surface area contributed by atoms with E-state index in [1.807, 2.05) is 31.2 Å². The summed E-state index contributed by atoms with van der Waals surface area (Å²) >= 11 is 0. The van der Waals surface area contributed by atoms with Gasteiger partial charge in [-0.25, -0.2) is 0 Å². The van der Waals surface area contributed by atoms with E-state index in [-0.39, 0.29) is 5.56 Å². The Balaban J connectivity index is 2.82. The lowest BCUT2D eigenvalue weighted by Gasteiger charge is -2.02. The Bertz CT molecular complexity index is 582. The van der Waals surface area contributed by atoms with Crippen molar-refractivity contribution in [3.05, 3.63) is 45.7 Å². The van der Waals surface area contributed by atoms with Gasteiger partial charge in [0.15, 0.2) is 0 Å². The molecule has 0 unspecified atom stereocenters. The highest BCUT2D eigenvalue weighted by Crippen LogP contribution is 2.14. The summed E-state index contributed by atoms with van der Waals surface area (Å²) in [6, 6.07) is 7.79. The number of rotatable bonds is 1. The van der Waals surface area contributed by atoms with Crippen LogP contribution in [-0.4, -0.2) is 18.2 Å². The van der Waals surface area contributed by atoms with Crippen molar-refractivity contribution in [2.45, 2.75) is 6.92 Å². The number of aromatic nitrogens is 1. The molecular weight excluding hydrogens is 188 g/mol. The van der Waals surface area contributed by atoms with E-state index in [1.165, 1.54) is 0 Å². The van der Waals surface area contributed by atoms with Crippen LogP contribution in [0.15, 0.2) is 34.1 Å². The second kappa shape index (κ2) is 3.69. The fourth-order valence-corrected chi connectivity index (χ4v) is 1.64. The third-order valence-corrected chi connectivity index (χ3v) is 2.38. The van der Waals surface area contributed by atoms with Gasteiger partial charge in [-0.2, -0.15) is 0 Å². The highest BCUT2D eigenvalue weighted by atomic mass is 16.1. The van der Waals surface area contributed by atoms with Crippen molar-refractivity contribution in [2.24, 2.45) is 4.99 Å². The van der Waals surface area contributed by atoms with E-state index < -0.39 is 0 Å². The lowest BCUT2D eigenvalue weighted by atomic mass is 10.1. The molecule has 2 aromatic rings. The summed E-state index contributed by atoms with van der Waals surface area (Å²) in [6.45, 7) is 1.98. The fourth-order valence-electron chi connectivity index (χ4n) is 1.64. The Morgan fingerprint density at radius 3 is 2.93 bits per heavy atom. The number of hydrogen-bond acceptors (Lipinski definition) is 2. The zero-order valence-electron chi connectivity index (χ0n) is 8.74. The average Bonchev–Trinajstić information content (AvgIpc) is 2.21. The number of para-hydroxylation sites is 1. The number of nitrogens with one attached hydrogen (secondary N) is 1. The van der Waals surface area contributed by atoms with Gasteiger partial charge in [-0.1, -0.05) is 18.2 Å². The van der Waals surface area contributed by atoms with Crippen molar-refractivity contribution in [3.8, 4) is 0 Å². The number of aliphatic imine (C=N–C) groups is 1. The summed E-state index contributed by atoms with van der Waals surface area (Å²) in [4.78, 5) is 18.3. The normalized spacial score (nSPS) is 11.3.